The number of methoxy groups -OCH3 is 2. The summed E-state index contributed by atoms with van der Waals surface area (Å²) in [6.45, 7) is 4.59. The van der Waals surface area contributed by atoms with E-state index < -0.39 is 0 Å². The van der Waals surface area contributed by atoms with E-state index in [0.29, 0.717) is 50.6 Å². The van der Waals surface area contributed by atoms with E-state index in [1.165, 1.54) is 0 Å². The van der Waals surface area contributed by atoms with Crippen molar-refractivity contribution < 1.29 is 23.8 Å². The molecule has 1 amide bonds. The maximum Gasteiger partial charge on any atom is 0.309 e. The summed E-state index contributed by atoms with van der Waals surface area (Å²) in [7, 11) is 5.19. The summed E-state index contributed by atoms with van der Waals surface area (Å²) in [6, 6.07) is 5.87. The number of carbonyl (C=O) groups is 2. The smallest absolute Gasteiger partial charge is 0.309 e. The lowest BCUT2D eigenvalue weighted by Crippen LogP contribution is -2.44. The molecule has 0 saturated carbocycles. The number of benzene rings is 1. The molecule has 0 aliphatic carbocycles. The summed E-state index contributed by atoms with van der Waals surface area (Å²) < 4.78 is 15.7. The van der Waals surface area contributed by atoms with Gasteiger partial charge >= 0.3 is 5.97 Å². The molecule has 0 atom stereocenters. The predicted molar refractivity (Wildman–Crippen MR) is 107 cm³/mol. The average molecular weight is 392 g/mol. The molecule has 1 fully saturated rings. The largest absolute Gasteiger partial charge is 0.493 e. The second-order valence-electron chi connectivity index (χ2n) is 7.08. The first-order valence-corrected chi connectivity index (χ1v) is 9.82. The fourth-order valence-corrected chi connectivity index (χ4v) is 3.39. The first-order chi connectivity index (χ1) is 13.5. The number of likely N-dealkylation sites (tertiary alicyclic amines) is 1. The molecule has 0 radical (unpaired) electrons. The number of carbonyl (C=O) groups excluding carboxylic acids is 2. The van der Waals surface area contributed by atoms with Crippen molar-refractivity contribution in [2.75, 3.05) is 54.1 Å². The topological polar surface area (TPSA) is 68.3 Å². The summed E-state index contributed by atoms with van der Waals surface area (Å²) in [5.74, 6) is 1.31. The summed E-state index contributed by atoms with van der Waals surface area (Å²) in [5, 5.41) is 0. The Bertz CT molecular complexity index is 656. The van der Waals surface area contributed by atoms with Crippen molar-refractivity contribution in [1.29, 1.82) is 0 Å². The van der Waals surface area contributed by atoms with Crippen LogP contribution in [0, 0.1) is 5.92 Å². The second kappa shape index (κ2) is 10.9. The lowest BCUT2D eigenvalue weighted by atomic mass is 9.97. The molecule has 1 aliphatic heterocycles. The quantitative estimate of drug-likeness (QED) is 0.599. The fourth-order valence-electron chi connectivity index (χ4n) is 3.39. The number of ether oxygens (including phenoxy) is 3. The monoisotopic (exact) mass is 392 g/mol. The van der Waals surface area contributed by atoms with Crippen LogP contribution in [-0.2, 0) is 20.7 Å². The zero-order chi connectivity index (χ0) is 20.5. The third-order valence-electron chi connectivity index (χ3n) is 5.10. The Labute approximate surface area is 167 Å². The van der Waals surface area contributed by atoms with Crippen molar-refractivity contribution in [3.8, 4) is 11.5 Å². The minimum Gasteiger partial charge on any atom is -0.493 e. The van der Waals surface area contributed by atoms with Crippen molar-refractivity contribution in [3.05, 3.63) is 23.8 Å². The molecule has 7 nitrogen and oxygen atoms in total. The summed E-state index contributed by atoms with van der Waals surface area (Å²) in [6.07, 6.45) is 2.18. The molecule has 0 unspecified atom stereocenters. The molecule has 1 heterocycles. The third kappa shape index (κ3) is 6.12. The minimum absolute atomic E-state index is 0.0771. The van der Waals surface area contributed by atoms with Crippen LogP contribution in [-0.4, -0.2) is 75.7 Å². The highest BCUT2D eigenvalue weighted by Crippen LogP contribution is 2.27. The number of likely N-dealkylation sites (N-methyl/N-ethyl adjacent to an activating group) is 1. The van der Waals surface area contributed by atoms with Gasteiger partial charge in [0.05, 0.1) is 33.3 Å². The lowest BCUT2D eigenvalue weighted by Gasteiger charge is -2.32. The van der Waals surface area contributed by atoms with Gasteiger partial charge in [0.25, 0.3) is 0 Å². The summed E-state index contributed by atoms with van der Waals surface area (Å²) in [5.41, 5.74) is 1.13. The maximum atomic E-state index is 12.5. The summed E-state index contributed by atoms with van der Waals surface area (Å²) >= 11 is 0. The van der Waals surface area contributed by atoms with Crippen molar-refractivity contribution >= 4 is 11.9 Å². The molecule has 7 heteroatoms. The van der Waals surface area contributed by atoms with E-state index in [4.69, 9.17) is 14.2 Å². The number of amides is 1. The van der Waals surface area contributed by atoms with Gasteiger partial charge in [0.2, 0.25) is 5.91 Å². The van der Waals surface area contributed by atoms with E-state index in [1.54, 1.807) is 14.2 Å². The molecule has 28 heavy (non-hydrogen) atoms. The number of rotatable bonds is 9. The summed E-state index contributed by atoms with van der Waals surface area (Å²) in [4.78, 5) is 28.2. The highest BCUT2D eigenvalue weighted by molar-refractivity contribution is 5.79. The third-order valence-corrected chi connectivity index (χ3v) is 5.10. The normalized spacial score (nSPS) is 14.8. The van der Waals surface area contributed by atoms with Crippen molar-refractivity contribution in [1.82, 2.24) is 9.80 Å². The van der Waals surface area contributed by atoms with Crippen LogP contribution < -0.4 is 9.47 Å². The van der Waals surface area contributed by atoms with Gasteiger partial charge in [-0.05, 0) is 50.9 Å². The number of hydrogen-bond donors (Lipinski definition) is 0. The average Bonchev–Trinajstić information content (AvgIpc) is 2.72. The van der Waals surface area contributed by atoms with Crippen LogP contribution in [0.3, 0.4) is 0 Å². The molecule has 0 N–H and O–H groups in total. The molecular weight excluding hydrogens is 360 g/mol. The number of nitrogens with zero attached hydrogens (tertiary/aromatic N) is 2. The Kier molecular flexibility index (Phi) is 8.57. The first-order valence-electron chi connectivity index (χ1n) is 9.82. The van der Waals surface area contributed by atoms with E-state index in [9.17, 15) is 9.59 Å². The number of piperidine rings is 1. The van der Waals surface area contributed by atoms with Gasteiger partial charge in [-0.1, -0.05) is 6.07 Å². The lowest BCUT2D eigenvalue weighted by molar-refractivity contribution is -0.151. The molecule has 156 valence electrons. The molecule has 2 rings (SSSR count). The van der Waals surface area contributed by atoms with Crippen LogP contribution in [0.4, 0.5) is 0 Å². The van der Waals surface area contributed by atoms with Crippen LogP contribution in [0.5, 0.6) is 11.5 Å². The Morgan fingerprint density at radius 2 is 1.82 bits per heavy atom. The highest BCUT2D eigenvalue weighted by atomic mass is 16.5. The van der Waals surface area contributed by atoms with Gasteiger partial charge in [-0.15, -0.1) is 0 Å². The Morgan fingerprint density at radius 1 is 1.14 bits per heavy atom. The standard InChI is InChI=1S/C21H32N2O5/c1-5-28-21(25)17-9-12-23(13-10-17)20(24)15-22(2)11-8-16-6-7-18(26-3)19(14-16)27-4/h6-7,14,17H,5,8-13,15H2,1-4H3. The van der Waals surface area contributed by atoms with Crippen LogP contribution in [0.25, 0.3) is 0 Å². The molecule has 0 bridgehead atoms. The van der Waals surface area contributed by atoms with E-state index >= 15 is 0 Å². The van der Waals surface area contributed by atoms with E-state index in [2.05, 4.69) is 0 Å². The second-order valence-corrected chi connectivity index (χ2v) is 7.08. The molecular formula is C21H32N2O5. The van der Waals surface area contributed by atoms with Gasteiger partial charge < -0.3 is 19.1 Å². The zero-order valence-corrected chi connectivity index (χ0v) is 17.4. The van der Waals surface area contributed by atoms with Crippen LogP contribution >= 0.6 is 0 Å². The van der Waals surface area contributed by atoms with Gasteiger partial charge in [0, 0.05) is 19.6 Å². The van der Waals surface area contributed by atoms with Crippen molar-refractivity contribution in [2.45, 2.75) is 26.2 Å². The van der Waals surface area contributed by atoms with E-state index in [0.717, 1.165) is 18.5 Å². The van der Waals surface area contributed by atoms with Crippen LogP contribution in [0.2, 0.25) is 0 Å². The number of hydrogen-bond acceptors (Lipinski definition) is 6. The molecule has 1 saturated heterocycles. The molecule has 1 aromatic rings. The van der Waals surface area contributed by atoms with Gasteiger partial charge in [0.1, 0.15) is 0 Å². The van der Waals surface area contributed by atoms with E-state index in [-0.39, 0.29) is 17.8 Å². The first kappa shape index (κ1) is 22.0. The Hall–Kier alpha value is -2.28. The molecule has 1 aliphatic rings. The number of esters is 1. The zero-order valence-electron chi connectivity index (χ0n) is 17.4. The van der Waals surface area contributed by atoms with Gasteiger partial charge in [-0.2, -0.15) is 0 Å². The Balaban J connectivity index is 1.76. The van der Waals surface area contributed by atoms with Gasteiger partial charge in [-0.25, -0.2) is 0 Å². The van der Waals surface area contributed by atoms with E-state index in [1.807, 2.05) is 42.0 Å². The van der Waals surface area contributed by atoms with Crippen molar-refractivity contribution in [3.63, 3.8) is 0 Å². The molecule has 0 aromatic heterocycles. The van der Waals surface area contributed by atoms with Crippen LogP contribution in [0.15, 0.2) is 18.2 Å². The van der Waals surface area contributed by atoms with Crippen LogP contribution in [0.1, 0.15) is 25.3 Å². The van der Waals surface area contributed by atoms with Gasteiger partial charge in [0.15, 0.2) is 11.5 Å². The van der Waals surface area contributed by atoms with Crippen molar-refractivity contribution in [2.24, 2.45) is 5.92 Å². The molecule has 1 aromatic carbocycles. The maximum absolute atomic E-state index is 12.5. The Morgan fingerprint density at radius 3 is 2.43 bits per heavy atom. The fraction of sp³-hybridized carbons (Fsp3) is 0.619. The van der Waals surface area contributed by atoms with Gasteiger partial charge in [-0.3, -0.25) is 14.5 Å². The SMILES string of the molecule is CCOC(=O)C1CCN(C(=O)CN(C)CCc2ccc(OC)c(OC)c2)CC1. The molecule has 0 spiro atoms. The highest BCUT2D eigenvalue weighted by Gasteiger charge is 2.28. The minimum atomic E-state index is -0.137. The predicted octanol–water partition coefficient (Wildman–Crippen LogP) is 1.98.